The van der Waals surface area contributed by atoms with Crippen molar-refractivity contribution in [3.05, 3.63) is 45.7 Å². The van der Waals surface area contributed by atoms with E-state index in [0.29, 0.717) is 22.7 Å². The van der Waals surface area contributed by atoms with Crippen LogP contribution in [0.4, 0.5) is 5.69 Å². The quantitative estimate of drug-likeness (QED) is 0.888. The molecule has 0 aliphatic rings. The number of hydrogen-bond donors (Lipinski definition) is 2. The molecule has 0 saturated heterocycles. The van der Waals surface area contributed by atoms with Gasteiger partial charge in [0.2, 0.25) is 0 Å². The number of para-hydroxylation sites is 1. The van der Waals surface area contributed by atoms with Crippen molar-refractivity contribution in [2.24, 2.45) is 0 Å². The van der Waals surface area contributed by atoms with Crippen LogP contribution in [0.25, 0.3) is 0 Å². The van der Waals surface area contributed by atoms with Crippen molar-refractivity contribution < 1.29 is 8.42 Å². The first-order chi connectivity index (χ1) is 7.99. The van der Waals surface area contributed by atoms with Crippen LogP contribution in [-0.2, 0) is 10.0 Å². The van der Waals surface area contributed by atoms with E-state index >= 15 is 0 Å². The molecular weight excluding hydrogens is 260 g/mol. The van der Waals surface area contributed by atoms with Gasteiger partial charge in [-0.15, -0.1) is 0 Å². The average Bonchev–Trinajstić information content (AvgIpc) is 2.59. The molecule has 0 atom stereocenters. The number of thiazole rings is 1. The van der Waals surface area contributed by atoms with Crippen molar-refractivity contribution in [2.75, 3.05) is 4.72 Å². The lowest BCUT2D eigenvalue weighted by Crippen LogP contribution is -2.12. The lowest BCUT2D eigenvalue weighted by Gasteiger charge is -2.05. The van der Waals surface area contributed by atoms with E-state index in [-0.39, 0.29) is 9.08 Å². The van der Waals surface area contributed by atoms with E-state index in [1.54, 1.807) is 37.3 Å². The van der Waals surface area contributed by atoms with Gasteiger partial charge in [0.05, 0.1) is 0 Å². The highest BCUT2D eigenvalue weighted by atomic mass is 32.2. The topological polar surface area (TPSA) is 79.0 Å². The molecule has 0 amide bonds. The third kappa shape index (κ3) is 2.56. The molecule has 0 aliphatic carbocycles. The molecule has 2 N–H and O–H groups in total. The SMILES string of the molecule is Cc1[nH]c(=O)sc1S(=O)(=O)Nc1ccccc1. The van der Waals surface area contributed by atoms with Crippen LogP contribution in [0.1, 0.15) is 5.69 Å². The summed E-state index contributed by atoms with van der Waals surface area (Å²) in [6.07, 6.45) is 0. The number of aromatic nitrogens is 1. The fourth-order valence-electron chi connectivity index (χ4n) is 1.35. The number of aromatic amines is 1. The van der Waals surface area contributed by atoms with Crippen LogP contribution in [0.2, 0.25) is 0 Å². The van der Waals surface area contributed by atoms with Crippen molar-refractivity contribution in [3.63, 3.8) is 0 Å². The van der Waals surface area contributed by atoms with Gasteiger partial charge in [0.1, 0.15) is 0 Å². The number of hydrogen-bond acceptors (Lipinski definition) is 4. The normalized spacial score (nSPS) is 11.4. The smallest absolute Gasteiger partial charge is 0.306 e. The van der Waals surface area contributed by atoms with E-state index in [4.69, 9.17) is 0 Å². The Morgan fingerprint density at radius 3 is 2.41 bits per heavy atom. The molecule has 17 heavy (non-hydrogen) atoms. The monoisotopic (exact) mass is 270 g/mol. The minimum atomic E-state index is -3.69. The van der Waals surface area contributed by atoms with Gasteiger partial charge in [-0.05, 0) is 19.1 Å². The second-order valence-corrected chi connectivity index (χ2v) is 6.26. The van der Waals surface area contributed by atoms with Gasteiger partial charge in [0, 0.05) is 11.4 Å². The second-order valence-electron chi connectivity index (χ2n) is 3.40. The average molecular weight is 270 g/mol. The first-order valence-electron chi connectivity index (χ1n) is 4.76. The van der Waals surface area contributed by atoms with Crippen molar-refractivity contribution in [1.29, 1.82) is 0 Å². The summed E-state index contributed by atoms with van der Waals surface area (Å²) in [5.41, 5.74) is 0.816. The molecule has 90 valence electrons. The number of benzene rings is 1. The van der Waals surface area contributed by atoms with Crippen LogP contribution in [0.5, 0.6) is 0 Å². The van der Waals surface area contributed by atoms with Gasteiger partial charge >= 0.3 is 4.87 Å². The molecule has 5 nitrogen and oxygen atoms in total. The van der Waals surface area contributed by atoms with Gasteiger partial charge in [-0.1, -0.05) is 29.5 Å². The minimum absolute atomic E-state index is 0.0198. The Morgan fingerprint density at radius 1 is 1.24 bits per heavy atom. The molecule has 0 aliphatic heterocycles. The number of anilines is 1. The first kappa shape index (κ1) is 11.9. The number of aryl methyl sites for hydroxylation is 1. The predicted octanol–water partition coefficient (Wildman–Crippen LogP) is 1.55. The Kier molecular flexibility index (Phi) is 3.03. The molecule has 0 bridgehead atoms. The van der Waals surface area contributed by atoms with Crippen LogP contribution >= 0.6 is 11.3 Å². The zero-order valence-corrected chi connectivity index (χ0v) is 10.6. The Labute approximate surface area is 102 Å². The third-order valence-electron chi connectivity index (χ3n) is 2.05. The van der Waals surface area contributed by atoms with E-state index in [9.17, 15) is 13.2 Å². The van der Waals surface area contributed by atoms with Gasteiger partial charge in [-0.25, -0.2) is 8.42 Å². The van der Waals surface area contributed by atoms with Crippen LogP contribution in [0, 0.1) is 6.92 Å². The predicted molar refractivity (Wildman–Crippen MR) is 66.9 cm³/mol. The van der Waals surface area contributed by atoms with Gasteiger partial charge in [0.25, 0.3) is 10.0 Å². The second kappa shape index (κ2) is 4.34. The molecule has 7 heteroatoms. The molecule has 0 saturated carbocycles. The largest absolute Gasteiger partial charge is 0.315 e. The van der Waals surface area contributed by atoms with Crippen LogP contribution in [0.15, 0.2) is 39.3 Å². The molecule has 0 radical (unpaired) electrons. The Bertz CT molecular complexity index is 671. The van der Waals surface area contributed by atoms with Crippen molar-refractivity contribution in [3.8, 4) is 0 Å². The molecule has 1 heterocycles. The fourth-order valence-corrected chi connectivity index (χ4v) is 3.72. The highest BCUT2D eigenvalue weighted by Crippen LogP contribution is 2.19. The summed E-state index contributed by atoms with van der Waals surface area (Å²) in [5.74, 6) is 0. The summed E-state index contributed by atoms with van der Waals surface area (Å²) in [5, 5.41) is 0. The van der Waals surface area contributed by atoms with E-state index in [2.05, 4.69) is 9.71 Å². The lowest BCUT2D eigenvalue weighted by atomic mass is 10.3. The molecule has 0 fully saturated rings. The maximum Gasteiger partial charge on any atom is 0.306 e. The summed E-state index contributed by atoms with van der Waals surface area (Å²) >= 11 is 0.679. The molecule has 1 aromatic heterocycles. The van der Waals surface area contributed by atoms with Crippen LogP contribution in [0.3, 0.4) is 0 Å². The number of nitrogens with one attached hydrogen (secondary N) is 2. The summed E-state index contributed by atoms with van der Waals surface area (Å²) < 4.78 is 26.4. The van der Waals surface area contributed by atoms with Crippen molar-refractivity contribution in [1.82, 2.24) is 4.98 Å². The van der Waals surface area contributed by atoms with Gasteiger partial charge in [0.15, 0.2) is 4.21 Å². The third-order valence-corrected chi connectivity index (χ3v) is 5.04. The molecule has 1 aromatic carbocycles. The molecule has 2 aromatic rings. The number of H-pyrrole nitrogens is 1. The summed E-state index contributed by atoms with van der Waals surface area (Å²) in [4.78, 5) is 13.1. The van der Waals surface area contributed by atoms with Gasteiger partial charge in [-0.2, -0.15) is 0 Å². The molecule has 2 rings (SSSR count). The molecule has 0 spiro atoms. The maximum absolute atomic E-state index is 12.0. The van der Waals surface area contributed by atoms with Crippen molar-refractivity contribution in [2.45, 2.75) is 11.1 Å². The van der Waals surface area contributed by atoms with E-state index in [0.717, 1.165) is 0 Å². The van der Waals surface area contributed by atoms with Gasteiger partial charge in [-0.3, -0.25) is 9.52 Å². The first-order valence-corrected chi connectivity index (χ1v) is 7.06. The molecule has 0 unspecified atom stereocenters. The van der Waals surface area contributed by atoms with E-state index in [1.165, 1.54) is 0 Å². The Balaban J connectivity index is 2.38. The highest BCUT2D eigenvalue weighted by molar-refractivity contribution is 7.94. The Morgan fingerprint density at radius 2 is 1.88 bits per heavy atom. The van der Waals surface area contributed by atoms with Crippen LogP contribution < -0.4 is 9.60 Å². The summed E-state index contributed by atoms with van der Waals surface area (Å²) in [7, 11) is -3.69. The van der Waals surface area contributed by atoms with Gasteiger partial charge < -0.3 is 4.98 Å². The maximum atomic E-state index is 12.0. The zero-order chi connectivity index (χ0) is 12.5. The highest BCUT2D eigenvalue weighted by Gasteiger charge is 2.20. The van der Waals surface area contributed by atoms with Crippen LogP contribution in [-0.4, -0.2) is 13.4 Å². The number of rotatable bonds is 3. The van der Waals surface area contributed by atoms with E-state index < -0.39 is 10.0 Å². The summed E-state index contributed by atoms with van der Waals surface area (Å²) in [6.45, 7) is 1.55. The summed E-state index contributed by atoms with van der Waals surface area (Å²) in [6, 6.07) is 8.52. The standard InChI is InChI=1S/C10H10N2O3S2/c1-7-9(16-10(13)11-7)17(14,15)12-8-5-3-2-4-6-8/h2-6,12H,1H3,(H,11,13). The van der Waals surface area contributed by atoms with Crippen molar-refractivity contribution >= 4 is 27.0 Å². The Hall–Kier alpha value is -1.60. The minimum Gasteiger partial charge on any atom is -0.315 e. The lowest BCUT2D eigenvalue weighted by molar-refractivity contribution is 0.602. The van der Waals surface area contributed by atoms with E-state index in [1.807, 2.05) is 0 Å². The zero-order valence-electron chi connectivity index (χ0n) is 8.93. The number of sulfonamides is 1. The molecular formula is C10H10N2O3S2. The fraction of sp³-hybridized carbons (Fsp3) is 0.100.